The fraction of sp³-hybridized carbons (Fsp3) is 0. The first-order chi connectivity index (χ1) is 8.56. The summed E-state index contributed by atoms with van der Waals surface area (Å²) in [5.41, 5.74) is 0.693. The number of hydrogen-bond acceptors (Lipinski definition) is 6. The molecule has 0 unspecified atom stereocenters. The van der Waals surface area contributed by atoms with Gasteiger partial charge in [0.1, 0.15) is 9.88 Å². The Morgan fingerprint density at radius 1 is 1.50 bits per heavy atom. The van der Waals surface area contributed by atoms with Crippen molar-refractivity contribution in [1.29, 1.82) is 0 Å². The molecule has 2 rings (SSSR count). The third-order valence-corrected chi connectivity index (χ3v) is 3.79. The van der Waals surface area contributed by atoms with E-state index in [9.17, 15) is 14.9 Å². The van der Waals surface area contributed by atoms with Crippen molar-refractivity contribution in [3.8, 4) is 0 Å². The maximum atomic E-state index is 10.6. The number of nitrogens with zero attached hydrogens (tertiary/aromatic N) is 2. The number of nitro groups is 1. The van der Waals surface area contributed by atoms with Crippen molar-refractivity contribution in [2.45, 2.75) is 0 Å². The fourth-order valence-electron chi connectivity index (χ4n) is 1.15. The van der Waals surface area contributed by atoms with Crippen molar-refractivity contribution < 1.29 is 14.8 Å². The first kappa shape index (κ1) is 12.4. The summed E-state index contributed by atoms with van der Waals surface area (Å²) in [6.07, 6.45) is 4.57. The smallest absolute Gasteiger partial charge is 0.347 e. The predicted octanol–water partition coefficient (Wildman–Crippen LogP) is 2.98. The third kappa shape index (κ3) is 2.79. The molecule has 0 saturated carbocycles. The van der Waals surface area contributed by atoms with Gasteiger partial charge in [-0.25, -0.2) is 9.78 Å². The van der Waals surface area contributed by atoms with Gasteiger partial charge in [0.25, 0.3) is 0 Å². The average molecular weight is 282 g/mol. The number of aromatic nitrogens is 1. The minimum absolute atomic E-state index is 0.0695. The molecular weight excluding hydrogens is 276 g/mol. The molecule has 2 heterocycles. The van der Waals surface area contributed by atoms with Crippen LogP contribution in [0.3, 0.4) is 0 Å². The van der Waals surface area contributed by atoms with Gasteiger partial charge in [-0.2, -0.15) is 0 Å². The Kier molecular flexibility index (Phi) is 3.49. The SMILES string of the molecule is O=C(O)c1cnc(C=Cc2csc([N+](=O)[O-])c2)s1. The first-order valence-electron chi connectivity index (χ1n) is 4.66. The van der Waals surface area contributed by atoms with E-state index in [4.69, 9.17) is 5.11 Å². The Hall–Kier alpha value is -2.06. The zero-order valence-corrected chi connectivity index (χ0v) is 10.4. The number of hydrogen-bond donors (Lipinski definition) is 1. The molecule has 0 aromatic carbocycles. The maximum Gasteiger partial charge on any atom is 0.347 e. The van der Waals surface area contributed by atoms with Gasteiger partial charge in [0.05, 0.1) is 11.1 Å². The van der Waals surface area contributed by atoms with Crippen molar-refractivity contribution >= 4 is 45.8 Å². The Morgan fingerprint density at radius 2 is 2.28 bits per heavy atom. The second kappa shape index (κ2) is 5.07. The quantitative estimate of drug-likeness (QED) is 0.687. The lowest BCUT2D eigenvalue weighted by atomic mass is 10.3. The molecule has 0 aliphatic rings. The first-order valence-corrected chi connectivity index (χ1v) is 6.36. The number of carbonyl (C=O) groups is 1. The molecule has 0 aliphatic heterocycles. The molecule has 2 aromatic heterocycles. The Balaban J connectivity index is 2.13. The minimum Gasteiger partial charge on any atom is -0.477 e. The molecule has 0 radical (unpaired) electrons. The van der Waals surface area contributed by atoms with Gasteiger partial charge in [0.2, 0.25) is 0 Å². The van der Waals surface area contributed by atoms with Crippen molar-refractivity contribution in [3.63, 3.8) is 0 Å². The van der Waals surface area contributed by atoms with E-state index in [0.717, 1.165) is 22.7 Å². The summed E-state index contributed by atoms with van der Waals surface area (Å²) >= 11 is 2.09. The summed E-state index contributed by atoms with van der Waals surface area (Å²) in [6, 6.07) is 1.45. The highest BCUT2D eigenvalue weighted by atomic mass is 32.1. The van der Waals surface area contributed by atoms with Gasteiger partial charge in [-0.15, -0.1) is 11.3 Å². The lowest BCUT2D eigenvalue weighted by Crippen LogP contribution is -1.89. The largest absolute Gasteiger partial charge is 0.477 e. The normalized spacial score (nSPS) is 10.9. The van der Waals surface area contributed by atoms with Gasteiger partial charge < -0.3 is 5.11 Å². The topological polar surface area (TPSA) is 93.3 Å². The number of carboxylic acid groups (broad SMARTS) is 1. The van der Waals surface area contributed by atoms with Crippen molar-refractivity contribution in [2.24, 2.45) is 0 Å². The van der Waals surface area contributed by atoms with Crippen LogP contribution in [-0.4, -0.2) is 21.0 Å². The minimum atomic E-state index is -1.02. The van der Waals surface area contributed by atoms with Crippen molar-refractivity contribution in [3.05, 3.63) is 43.2 Å². The van der Waals surface area contributed by atoms with Crippen LogP contribution in [0.1, 0.15) is 20.2 Å². The van der Waals surface area contributed by atoms with E-state index in [1.54, 1.807) is 17.5 Å². The molecule has 1 N–H and O–H groups in total. The van der Waals surface area contributed by atoms with Crippen LogP contribution >= 0.6 is 22.7 Å². The van der Waals surface area contributed by atoms with Crippen LogP contribution in [0.2, 0.25) is 0 Å². The van der Waals surface area contributed by atoms with Gasteiger partial charge in [-0.1, -0.05) is 17.4 Å². The fourth-order valence-corrected chi connectivity index (χ4v) is 2.51. The monoisotopic (exact) mass is 282 g/mol. The number of aromatic carboxylic acids is 1. The van der Waals surface area contributed by atoms with Crippen LogP contribution in [0.5, 0.6) is 0 Å². The molecule has 0 saturated heterocycles. The van der Waals surface area contributed by atoms with Crippen LogP contribution in [0.15, 0.2) is 17.6 Å². The van der Waals surface area contributed by atoms with E-state index in [1.807, 2.05) is 0 Å². The molecule has 8 heteroatoms. The summed E-state index contributed by atoms with van der Waals surface area (Å²) in [5, 5.41) is 21.5. The van der Waals surface area contributed by atoms with Crippen LogP contribution < -0.4 is 0 Å². The summed E-state index contributed by atoms with van der Waals surface area (Å²) in [7, 11) is 0. The van der Waals surface area contributed by atoms with Crippen LogP contribution in [0.4, 0.5) is 5.00 Å². The second-order valence-corrected chi connectivity index (χ2v) is 5.13. The Bertz CT molecular complexity index is 575. The molecular formula is C10H6N2O4S2. The van der Waals surface area contributed by atoms with Crippen LogP contribution in [-0.2, 0) is 0 Å². The average Bonchev–Trinajstić information content (AvgIpc) is 2.95. The zero-order valence-electron chi connectivity index (χ0n) is 8.77. The summed E-state index contributed by atoms with van der Waals surface area (Å²) < 4.78 is 0. The van der Waals surface area contributed by atoms with E-state index < -0.39 is 10.9 Å². The predicted molar refractivity (Wildman–Crippen MR) is 69.0 cm³/mol. The molecule has 92 valence electrons. The zero-order chi connectivity index (χ0) is 13.1. The van der Waals surface area contributed by atoms with E-state index in [-0.39, 0.29) is 9.88 Å². The van der Waals surface area contributed by atoms with E-state index in [0.29, 0.717) is 10.6 Å². The maximum absolute atomic E-state index is 10.6. The standard InChI is InChI=1S/C10H6N2O4S2/c13-10(14)7-4-11-8(18-7)2-1-6-3-9(12(15)16)17-5-6/h1-5H,(H,13,14). The highest BCUT2D eigenvalue weighted by Gasteiger charge is 2.08. The van der Waals surface area contributed by atoms with Gasteiger partial charge in [-0.3, -0.25) is 10.1 Å². The van der Waals surface area contributed by atoms with Crippen LogP contribution in [0.25, 0.3) is 12.2 Å². The van der Waals surface area contributed by atoms with E-state index in [1.165, 1.54) is 12.3 Å². The van der Waals surface area contributed by atoms with Gasteiger partial charge in [0, 0.05) is 11.4 Å². The summed E-state index contributed by atoms with van der Waals surface area (Å²) in [4.78, 5) is 24.7. The molecule has 0 aliphatic carbocycles. The van der Waals surface area contributed by atoms with E-state index in [2.05, 4.69) is 4.98 Å². The van der Waals surface area contributed by atoms with Gasteiger partial charge >= 0.3 is 11.0 Å². The Labute approximate surface area is 109 Å². The molecule has 2 aromatic rings. The van der Waals surface area contributed by atoms with E-state index >= 15 is 0 Å². The second-order valence-electron chi connectivity index (χ2n) is 3.18. The summed E-state index contributed by atoms with van der Waals surface area (Å²) in [5.74, 6) is -1.02. The highest BCUT2D eigenvalue weighted by Crippen LogP contribution is 2.24. The molecule has 0 spiro atoms. The molecule has 0 atom stereocenters. The van der Waals surface area contributed by atoms with Crippen LogP contribution in [0, 0.1) is 10.1 Å². The van der Waals surface area contributed by atoms with Crippen molar-refractivity contribution in [2.75, 3.05) is 0 Å². The molecule has 0 fully saturated rings. The lowest BCUT2D eigenvalue weighted by molar-refractivity contribution is -0.380. The number of thiazole rings is 1. The Morgan fingerprint density at radius 3 is 2.83 bits per heavy atom. The van der Waals surface area contributed by atoms with Crippen molar-refractivity contribution in [1.82, 2.24) is 4.98 Å². The summed E-state index contributed by atoms with van der Waals surface area (Å²) in [6.45, 7) is 0. The molecule has 0 amide bonds. The highest BCUT2D eigenvalue weighted by molar-refractivity contribution is 7.14. The number of carboxylic acids is 1. The number of rotatable bonds is 4. The number of thiophene rings is 1. The van der Waals surface area contributed by atoms with Gasteiger partial charge in [-0.05, 0) is 11.6 Å². The third-order valence-electron chi connectivity index (χ3n) is 1.94. The molecule has 6 nitrogen and oxygen atoms in total. The van der Waals surface area contributed by atoms with Gasteiger partial charge in [0.15, 0.2) is 0 Å². The lowest BCUT2D eigenvalue weighted by Gasteiger charge is -1.83. The molecule has 18 heavy (non-hydrogen) atoms. The molecule has 0 bridgehead atoms.